The maximum Gasteiger partial charge on any atom is 0.253 e. The normalized spacial score (nSPS) is 15.5. The molecule has 0 unspecified atom stereocenters. The topological polar surface area (TPSA) is 92.8 Å². The highest BCUT2D eigenvalue weighted by molar-refractivity contribution is 7.89. The highest BCUT2D eigenvalue weighted by atomic mass is 32.2. The fourth-order valence-electron chi connectivity index (χ4n) is 2.65. The van der Waals surface area contributed by atoms with Gasteiger partial charge < -0.3 is 0 Å². The molecule has 1 aliphatic rings. The molecule has 0 radical (unpaired) electrons. The van der Waals surface area contributed by atoms with Crippen molar-refractivity contribution in [2.24, 2.45) is 10.2 Å². The Morgan fingerprint density at radius 2 is 1.86 bits per heavy atom. The maximum atomic E-state index is 12.0. The Morgan fingerprint density at radius 3 is 2.29 bits per heavy atom. The predicted octanol–water partition coefficient (Wildman–Crippen LogP) is 1.57. The summed E-state index contributed by atoms with van der Waals surface area (Å²) in [6.07, 6.45) is 1.41. The molecule has 1 aliphatic heterocycles. The quantitative estimate of drug-likeness (QED) is 0.915. The Morgan fingerprint density at radius 1 is 1.24 bits per heavy atom. The third kappa shape index (κ3) is 2.84. The lowest BCUT2D eigenvalue weighted by atomic mass is 10.0. The molecule has 2 rings (SSSR count). The number of carbonyl (C=O) groups is 1. The number of rotatable bonds is 4. The van der Waals surface area contributed by atoms with Crippen molar-refractivity contribution in [1.29, 1.82) is 0 Å². The predicted molar refractivity (Wildman–Crippen MR) is 81.8 cm³/mol. The molecule has 0 fully saturated rings. The van der Waals surface area contributed by atoms with E-state index in [0.717, 1.165) is 11.3 Å². The highest BCUT2D eigenvalue weighted by Crippen LogP contribution is 2.32. The first kappa shape index (κ1) is 15.7. The summed E-state index contributed by atoms with van der Waals surface area (Å²) in [4.78, 5) is 12.1. The van der Waals surface area contributed by atoms with Gasteiger partial charge in [-0.1, -0.05) is 13.8 Å². The molecule has 1 amide bonds. The van der Waals surface area contributed by atoms with Crippen LogP contribution in [0.15, 0.2) is 22.1 Å². The van der Waals surface area contributed by atoms with Crippen LogP contribution in [0.4, 0.5) is 5.69 Å². The fourth-order valence-corrected chi connectivity index (χ4v) is 3.52. The van der Waals surface area contributed by atoms with Crippen LogP contribution in [0, 0.1) is 0 Å². The van der Waals surface area contributed by atoms with Crippen LogP contribution in [-0.2, 0) is 27.7 Å². The van der Waals surface area contributed by atoms with E-state index in [4.69, 9.17) is 5.14 Å². The highest BCUT2D eigenvalue weighted by Gasteiger charge is 2.27. The van der Waals surface area contributed by atoms with Gasteiger partial charge in [0.15, 0.2) is 0 Å². The van der Waals surface area contributed by atoms with Gasteiger partial charge in [-0.2, -0.15) is 5.10 Å². The Hall–Kier alpha value is -1.73. The van der Waals surface area contributed by atoms with Gasteiger partial charge in [-0.15, -0.1) is 0 Å². The lowest BCUT2D eigenvalue weighted by Gasteiger charge is -2.20. The molecule has 0 aromatic heterocycles. The molecule has 1 aromatic rings. The summed E-state index contributed by atoms with van der Waals surface area (Å²) >= 11 is 0. The second-order valence-corrected chi connectivity index (χ2v) is 6.54. The molecule has 1 heterocycles. The van der Waals surface area contributed by atoms with Crippen molar-refractivity contribution in [1.82, 2.24) is 0 Å². The summed E-state index contributed by atoms with van der Waals surface area (Å²) in [7, 11) is -3.78. The van der Waals surface area contributed by atoms with Crippen molar-refractivity contribution in [2.75, 3.05) is 5.01 Å². The summed E-state index contributed by atoms with van der Waals surface area (Å²) in [6, 6.07) is 3.07. The van der Waals surface area contributed by atoms with Crippen molar-refractivity contribution >= 4 is 27.3 Å². The molecule has 0 atom stereocenters. The van der Waals surface area contributed by atoms with Crippen LogP contribution < -0.4 is 10.1 Å². The number of carbonyl (C=O) groups excluding carboxylic acids is 1. The van der Waals surface area contributed by atoms with Gasteiger partial charge in [-0.05, 0) is 43.0 Å². The van der Waals surface area contributed by atoms with Gasteiger partial charge in [0.25, 0.3) is 5.91 Å². The van der Waals surface area contributed by atoms with Crippen molar-refractivity contribution in [3.05, 3.63) is 23.3 Å². The maximum absolute atomic E-state index is 12.0. The van der Waals surface area contributed by atoms with Crippen molar-refractivity contribution in [3.8, 4) is 0 Å². The van der Waals surface area contributed by atoms with Gasteiger partial charge in [0.1, 0.15) is 0 Å². The first-order valence-electron chi connectivity index (χ1n) is 6.84. The van der Waals surface area contributed by atoms with Gasteiger partial charge >= 0.3 is 0 Å². The molecule has 21 heavy (non-hydrogen) atoms. The number of hydrogen-bond donors (Lipinski definition) is 1. The van der Waals surface area contributed by atoms with Crippen LogP contribution >= 0.6 is 0 Å². The molecule has 0 spiro atoms. The van der Waals surface area contributed by atoms with Gasteiger partial charge in [-0.3, -0.25) is 4.79 Å². The number of benzene rings is 1. The van der Waals surface area contributed by atoms with E-state index in [1.165, 1.54) is 11.1 Å². The average molecular weight is 309 g/mol. The zero-order valence-electron chi connectivity index (χ0n) is 12.4. The van der Waals surface area contributed by atoms with E-state index < -0.39 is 10.0 Å². The van der Waals surface area contributed by atoms with Gasteiger partial charge in [-0.25, -0.2) is 18.6 Å². The van der Waals surface area contributed by atoms with E-state index in [1.54, 1.807) is 13.0 Å². The molecular weight excluding hydrogens is 290 g/mol. The number of amides is 1. The number of nitrogens with zero attached hydrogens (tertiary/aromatic N) is 2. The number of sulfonamides is 1. The minimum Gasteiger partial charge on any atom is -0.272 e. The van der Waals surface area contributed by atoms with E-state index in [1.807, 2.05) is 13.8 Å². The van der Waals surface area contributed by atoms with Gasteiger partial charge in [0.2, 0.25) is 10.0 Å². The molecule has 1 aromatic carbocycles. The van der Waals surface area contributed by atoms with Gasteiger partial charge in [0.05, 0.1) is 17.0 Å². The second kappa shape index (κ2) is 5.57. The molecule has 0 bridgehead atoms. The van der Waals surface area contributed by atoms with Crippen LogP contribution in [0.3, 0.4) is 0 Å². The Bertz CT molecular complexity index is 723. The third-order valence-electron chi connectivity index (χ3n) is 3.52. The minimum atomic E-state index is -3.78. The smallest absolute Gasteiger partial charge is 0.253 e. The fraction of sp³-hybridized carbons (Fsp3) is 0.429. The molecule has 2 N–H and O–H groups in total. The SMILES string of the molecule is CCc1c(N2N=C(C)CC2=O)ccc(S(N)(=O)=O)c1CC. The van der Waals surface area contributed by atoms with Crippen molar-refractivity contribution in [3.63, 3.8) is 0 Å². The molecule has 114 valence electrons. The number of nitrogens with two attached hydrogens (primary N) is 1. The summed E-state index contributed by atoms with van der Waals surface area (Å²) < 4.78 is 23.4. The zero-order valence-corrected chi connectivity index (χ0v) is 13.2. The van der Waals surface area contributed by atoms with E-state index in [2.05, 4.69) is 5.10 Å². The van der Waals surface area contributed by atoms with Crippen LogP contribution in [0.5, 0.6) is 0 Å². The summed E-state index contributed by atoms with van der Waals surface area (Å²) in [5.74, 6) is -0.104. The standard InChI is InChI=1S/C14H19N3O3S/c1-4-10-11(5-2)13(21(15,19)20)7-6-12(10)17-14(18)8-9(3)16-17/h6-7H,4-5,8H2,1-3H3,(H2,15,19,20). The van der Waals surface area contributed by atoms with E-state index in [-0.39, 0.29) is 10.8 Å². The Balaban J connectivity index is 2.68. The monoisotopic (exact) mass is 309 g/mol. The molecule has 0 saturated carbocycles. The molecular formula is C14H19N3O3S. The van der Waals surface area contributed by atoms with Crippen molar-refractivity contribution < 1.29 is 13.2 Å². The molecule has 0 aliphatic carbocycles. The number of hydrogen-bond acceptors (Lipinski definition) is 4. The molecule has 7 heteroatoms. The van der Waals surface area contributed by atoms with Crippen LogP contribution in [0.2, 0.25) is 0 Å². The van der Waals surface area contributed by atoms with Crippen LogP contribution in [0.1, 0.15) is 38.3 Å². The summed E-state index contributed by atoms with van der Waals surface area (Å²) in [5, 5.41) is 10.9. The summed E-state index contributed by atoms with van der Waals surface area (Å²) in [6.45, 7) is 5.58. The van der Waals surface area contributed by atoms with E-state index in [9.17, 15) is 13.2 Å². The van der Waals surface area contributed by atoms with E-state index >= 15 is 0 Å². The largest absolute Gasteiger partial charge is 0.272 e. The average Bonchev–Trinajstić information content (AvgIpc) is 2.74. The van der Waals surface area contributed by atoms with E-state index in [0.29, 0.717) is 30.5 Å². The first-order valence-corrected chi connectivity index (χ1v) is 8.38. The lowest BCUT2D eigenvalue weighted by molar-refractivity contribution is -0.116. The second-order valence-electron chi connectivity index (χ2n) is 5.01. The first-order chi connectivity index (χ1) is 9.79. The molecule has 6 nitrogen and oxygen atoms in total. The van der Waals surface area contributed by atoms with Crippen molar-refractivity contribution in [2.45, 2.75) is 44.9 Å². The lowest BCUT2D eigenvalue weighted by Crippen LogP contribution is -2.23. The Labute approximate surface area is 124 Å². The zero-order chi connectivity index (χ0) is 15.8. The molecule has 0 saturated heterocycles. The van der Waals surface area contributed by atoms with Crippen LogP contribution in [-0.4, -0.2) is 20.0 Å². The number of hydrazone groups is 1. The summed E-state index contributed by atoms with van der Waals surface area (Å²) in [5.41, 5.74) is 2.85. The number of anilines is 1. The third-order valence-corrected chi connectivity index (χ3v) is 4.51. The van der Waals surface area contributed by atoms with Crippen LogP contribution in [0.25, 0.3) is 0 Å². The Kier molecular flexibility index (Phi) is 4.15. The number of primary sulfonamides is 1. The minimum absolute atomic E-state index is 0.104. The van der Waals surface area contributed by atoms with Gasteiger partial charge in [0, 0.05) is 5.71 Å².